The zero-order chi connectivity index (χ0) is 13.8. The number of ether oxygens (including phenoxy) is 1. The van der Waals surface area contributed by atoms with Crippen molar-refractivity contribution in [3.8, 4) is 11.5 Å². The lowest BCUT2D eigenvalue weighted by Crippen LogP contribution is -2.11. The number of benzene rings is 2. The van der Waals surface area contributed by atoms with Crippen molar-refractivity contribution < 1.29 is 9.13 Å². The van der Waals surface area contributed by atoms with Crippen LogP contribution in [0.1, 0.15) is 18.1 Å². The van der Waals surface area contributed by atoms with Gasteiger partial charge < -0.3 is 10.5 Å². The number of nitrogens with two attached hydrogens (primary N) is 1. The molecule has 2 N–H and O–H groups in total. The SMILES string of the molecule is CCc1ccccc1Oc1ccc(F)cc1C(N)=S. The van der Waals surface area contributed by atoms with Gasteiger partial charge in [0.15, 0.2) is 0 Å². The quantitative estimate of drug-likeness (QED) is 0.862. The Bertz CT molecular complexity index is 613. The molecule has 0 unspecified atom stereocenters. The minimum atomic E-state index is -0.390. The topological polar surface area (TPSA) is 35.2 Å². The smallest absolute Gasteiger partial charge is 0.137 e. The van der Waals surface area contributed by atoms with Crippen LogP contribution in [0.2, 0.25) is 0 Å². The molecule has 2 nitrogen and oxygen atoms in total. The molecule has 2 rings (SSSR count). The third-order valence-corrected chi connectivity index (χ3v) is 3.00. The first-order valence-corrected chi connectivity index (χ1v) is 6.37. The van der Waals surface area contributed by atoms with E-state index in [1.807, 2.05) is 31.2 Å². The van der Waals surface area contributed by atoms with Crippen molar-refractivity contribution in [1.29, 1.82) is 0 Å². The minimum Gasteiger partial charge on any atom is -0.456 e. The van der Waals surface area contributed by atoms with Crippen LogP contribution >= 0.6 is 12.2 Å². The van der Waals surface area contributed by atoms with E-state index in [1.165, 1.54) is 18.2 Å². The Hall–Kier alpha value is -1.94. The molecule has 0 spiro atoms. The molecule has 0 atom stereocenters. The number of para-hydroxylation sites is 1. The number of hydrogen-bond donors (Lipinski definition) is 1. The second-order valence-electron chi connectivity index (χ2n) is 4.07. The molecule has 0 aromatic heterocycles. The number of rotatable bonds is 4. The van der Waals surface area contributed by atoms with Gasteiger partial charge in [0.05, 0.1) is 5.56 Å². The van der Waals surface area contributed by atoms with Gasteiger partial charge in [-0.3, -0.25) is 0 Å². The van der Waals surface area contributed by atoms with E-state index >= 15 is 0 Å². The summed E-state index contributed by atoms with van der Waals surface area (Å²) in [4.78, 5) is 0.114. The van der Waals surface area contributed by atoms with Gasteiger partial charge in [-0.15, -0.1) is 0 Å². The first-order chi connectivity index (χ1) is 9.11. The van der Waals surface area contributed by atoms with Gasteiger partial charge >= 0.3 is 0 Å². The Kier molecular flexibility index (Phi) is 4.12. The van der Waals surface area contributed by atoms with Crippen LogP contribution in [0.5, 0.6) is 11.5 Å². The zero-order valence-electron chi connectivity index (χ0n) is 10.5. The Morgan fingerprint density at radius 3 is 2.63 bits per heavy atom. The molecule has 0 fully saturated rings. The summed E-state index contributed by atoms with van der Waals surface area (Å²) in [7, 11) is 0. The van der Waals surface area contributed by atoms with Gasteiger partial charge in [0.2, 0.25) is 0 Å². The van der Waals surface area contributed by atoms with Gasteiger partial charge in [-0.1, -0.05) is 37.3 Å². The van der Waals surface area contributed by atoms with E-state index in [2.05, 4.69) is 0 Å². The highest BCUT2D eigenvalue weighted by atomic mass is 32.1. The molecule has 2 aromatic carbocycles. The summed E-state index contributed by atoms with van der Waals surface area (Å²) in [5, 5.41) is 0. The van der Waals surface area contributed by atoms with Crippen molar-refractivity contribution in [2.75, 3.05) is 0 Å². The Balaban J connectivity index is 2.41. The fraction of sp³-hybridized carbons (Fsp3) is 0.133. The molecule has 0 saturated carbocycles. The van der Waals surface area contributed by atoms with Crippen molar-refractivity contribution in [1.82, 2.24) is 0 Å². The largest absolute Gasteiger partial charge is 0.456 e. The number of hydrogen-bond acceptors (Lipinski definition) is 2. The van der Waals surface area contributed by atoms with Gasteiger partial charge in [0.1, 0.15) is 22.3 Å². The highest BCUT2D eigenvalue weighted by Crippen LogP contribution is 2.28. The third kappa shape index (κ3) is 3.09. The molecule has 0 radical (unpaired) electrons. The van der Waals surface area contributed by atoms with Crippen molar-refractivity contribution >= 4 is 17.2 Å². The highest BCUT2D eigenvalue weighted by Gasteiger charge is 2.10. The molecule has 4 heteroatoms. The molecule has 2 aromatic rings. The summed E-state index contributed by atoms with van der Waals surface area (Å²) < 4.78 is 19.0. The third-order valence-electron chi connectivity index (χ3n) is 2.78. The van der Waals surface area contributed by atoms with Crippen molar-refractivity contribution in [3.05, 3.63) is 59.4 Å². The van der Waals surface area contributed by atoms with Crippen LogP contribution in [0.15, 0.2) is 42.5 Å². The van der Waals surface area contributed by atoms with Gasteiger partial charge in [-0.2, -0.15) is 0 Å². The lowest BCUT2D eigenvalue weighted by molar-refractivity contribution is 0.474. The maximum absolute atomic E-state index is 13.2. The molecule has 0 aliphatic heterocycles. The summed E-state index contributed by atoms with van der Waals surface area (Å²) in [6.45, 7) is 2.04. The monoisotopic (exact) mass is 275 g/mol. The second kappa shape index (κ2) is 5.80. The van der Waals surface area contributed by atoms with E-state index in [0.29, 0.717) is 11.3 Å². The van der Waals surface area contributed by atoms with Crippen molar-refractivity contribution in [2.45, 2.75) is 13.3 Å². The number of aryl methyl sites for hydroxylation is 1. The van der Waals surface area contributed by atoms with Gasteiger partial charge in [0.25, 0.3) is 0 Å². The van der Waals surface area contributed by atoms with E-state index in [9.17, 15) is 4.39 Å². The average molecular weight is 275 g/mol. The molecule has 0 amide bonds. The van der Waals surface area contributed by atoms with Crippen LogP contribution in [0.3, 0.4) is 0 Å². The van der Waals surface area contributed by atoms with Crippen LogP contribution in [-0.2, 0) is 6.42 Å². The van der Waals surface area contributed by atoms with E-state index in [1.54, 1.807) is 0 Å². The van der Waals surface area contributed by atoms with E-state index in [-0.39, 0.29) is 10.8 Å². The predicted octanol–water partition coefficient (Wildman–Crippen LogP) is 3.81. The zero-order valence-corrected chi connectivity index (χ0v) is 11.3. The predicted molar refractivity (Wildman–Crippen MR) is 78.2 cm³/mol. The molecule has 0 bridgehead atoms. The van der Waals surface area contributed by atoms with Crippen molar-refractivity contribution in [2.24, 2.45) is 5.73 Å². The van der Waals surface area contributed by atoms with Gasteiger partial charge in [-0.25, -0.2) is 4.39 Å². The molecule has 0 saturated heterocycles. The molecule has 98 valence electrons. The highest BCUT2D eigenvalue weighted by molar-refractivity contribution is 7.80. The lowest BCUT2D eigenvalue weighted by Gasteiger charge is -2.13. The number of halogens is 1. The average Bonchev–Trinajstić information content (AvgIpc) is 2.41. The minimum absolute atomic E-state index is 0.114. The molecule has 0 aliphatic rings. The molecule has 0 heterocycles. The number of thiocarbonyl (C=S) groups is 1. The Morgan fingerprint density at radius 1 is 1.21 bits per heavy atom. The summed E-state index contributed by atoms with van der Waals surface area (Å²) >= 11 is 4.92. The van der Waals surface area contributed by atoms with Crippen LogP contribution in [0.25, 0.3) is 0 Å². The second-order valence-corrected chi connectivity index (χ2v) is 4.51. The Morgan fingerprint density at radius 2 is 1.95 bits per heavy atom. The normalized spacial score (nSPS) is 10.2. The fourth-order valence-electron chi connectivity index (χ4n) is 1.80. The summed E-state index contributed by atoms with van der Waals surface area (Å²) in [6.07, 6.45) is 0.847. The van der Waals surface area contributed by atoms with Crippen LogP contribution in [-0.4, -0.2) is 4.99 Å². The molecular formula is C15H14FNOS. The molecule has 0 aliphatic carbocycles. The fourth-order valence-corrected chi connectivity index (χ4v) is 1.96. The van der Waals surface area contributed by atoms with Crippen LogP contribution < -0.4 is 10.5 Å². The maximum Gasteiger partial charge on any atom is 0.137 e. The first kappa shape index (κ1) is 13.5. The van der Waals surface area contributed by atoms with Gasteiger partial charge in [-0.05, 0) is 36.2 Å². The standard InChI is InChI=1S/C15H14FNOS/c1-2-10-5-3-4-6-13(10)18-14-8-7-11(16)9-12(14)15(17)19/h3-9H,2H2,1H3,(H2,17,19). The van der Waals surface area contributed by atoms with Crippen LogP contribution in [0, 0.1) is 5.82 Å². The summed E-state index contributed by atoms with van der Waals surface area (Å²) in [5.41, 5.74) is 7.07. The van der Waals surface area contributed by atoms with E-state index in [0.717, 1.165) is 17.7 Å². The maximum atomic E-state index is 13.2. The summed E-state index contributed by atoms with van der Waals surface area (Å²) in [5.74, 6) is 0.808. The van der Waals surface area contributed by atoms with E-state index in [4.69, 9.17) is 22.7 Å². The molecule has 19 heavy (non-hydrogen) atoms. The van der Waals surface area contributed by atoms with Gasteiger partial charge in [0, 0.05) is 0 Å². The van der Waals surface area contributed by atoms with Crippen LogP contribution in [0.4, 0.5) is 4.39 Å². The van der Waals surface area contributed by atoms with Crippen molar-refractivity contribution in [3.63, 3.8) is 0 Å². The lowest BCUT2D eigenvalue weighted by atomic mass is 10.1. The van der Waals surface area contributed by atoms with E-state index < -0.39 is 0 Å². The molecular weight excluding hydrogens is 261 g/mol. The first-order valence-electron chi connectivity index (χ1n) is 5.97. The Labute approximate surface area is 117 Å². The summed E-state index contributed by atoms with van der Waals surface area (Å²) in [6, 6.07) is 11.8.